The molecule has 1 fully saturated rings. The summed E-state index contributed by atoms with van der Waals surface area (Å²) in [5, 5.41) is 7.22. The Bertz CT molecular complexity index is 916. The van der Waals surface area contributed by atoms with E-state index in [9.17, 15) is 9.59 Å². The van der Waals surface area contributed by atoms with Gasteiger partial charge in [-0.15, -0.1) is 0 Å². The van der Waals surface area contributed by atoms with E-state index in [0.717, 1.165) is 48.3 Å². The number of carbonyl (C=O) groups is 1. The lowest BCUT2D eigenvalue weighted by atomic mass is 9.87. The summed E-state index contributed by atoms with van der Waals surface area (Å²) in [7, 11) is 0. The first kappa shape index (κ1) is 17.6. The van der Waals surface area contributed by atoms with E-state index in [1.165, 1.54) is 10.7 Å². The van der Waals surface area contributed by atoms with Gasteiger partial charge in [0.1, 0.15) is 19.8 Å². The number of hydrogen-bond acceptors (Lipinski definition) is 5. The molecule has 1 amide bonds. The van der Waals surface area contributed by atoms with Crippen LogP contribution in [0, 0.1) is 6.92 Å². The van der Waals surface area contributed by atoms with Crippen molar-refractivity contribution in [3.63, 3.8) is 0 Å². The number of ether oxygens (including phenoxy) is 2. The highest BCUT2D eigenvalue weighted by Crippen LogP contribution is 2.42. The molecule has 0 saturated heterocycles. The normalized spacial score (nSPS) is 17.5. The van der Waals surface area contributed by atoms with Gasteiger partial charge in [-0.25, -0.2) is 4.68 Å². The molecule has 0 spiro atoms. The first-order valence-electron chi connectivity index (χ1n) is 9.31. The smallest absolute Gasteiger partial charge is 0.267 e. The minimum atomic E-state index is -0.443. The Labute approximate surface area is 157 Å². The van der Waals surface area contributed by atoms with E-state index in [2.05, 4.69) is 10.4 Å². The molecule has 1 N–H and O–H groups in total. The van der Waals surface area contributed by atoms with Crippen LogP contribution < -0.4 is 20.3 Å². The van der Waals surface area contributed by atoms with Gasteiger partial charge >= 0.3 is 0 Å². The molecule has 2 aliphatic rings. The van der Waals surface area contributed by atoms with E-state index in [1.54, 1.807) is 13.1 Å². The highest BCUT2D eigenvalue weighted by Gasteiger charge is 2.38. The number of rotatable bonds is 4. The summed E-state index contributed by atoms with van der Waals surface area (Å²) in [6.45, 7) is 2.78. The predicted octanol–water partition coefficient (Wildman–Crippen LogP) is 1.91. The summed E-state index contributed by atoms with van der Waals surface area (Å²) in [6, 6.07) is 7.35. The van der Waals surface area contributed by atoms with Crippen molar-refractivity contribution in [1.29, 1.82) is 0 Å². The molecule has 1 aromatic carbocycles. The van der Waals surface area contributed by atoms with E-state index >= 15 is 0 Å². The molecule has 27 heavy (non-hydrogen) atoms. The zero-order chi connectivity index (χ0) is 18.9. The fourth-order valence-corrected chi connectivity index (χ4v) is 3.89. The summed E-state index contributed by atoms with van der Waals surface area (Å²) in [5.41, 5.74) is 1.08. The molecule has 4 rings (SSSR count). The van der Waals surface area contributed by atoms with Gasteiger partial charge in [-0.05, 0) is 43.0 Å². The van der Waals surface area contributed by atoms with Crippen molar-refractivity contribution in [2.24, 2.45) is 0 Å². The zero-order valence-electron chi connectivity index (χ0n) is 15.4. The van der Waals surface area contributed by atoms with Crippen molar-refractivity contribution in [1.82, 2.24) is 15.1 Å². The van der Waals surface area contributed by atoms with E-state index in [0.29, 0.717) is 13.2 Å². The molecule has 7 nitrogen and oxygen atoms in total. The van der Waals surface area contributed by atoms with Crippen LogP contribution in [0.15, 0.2) is 35.3 Å². The third-order valence-electron chi connectivity index (χ3n) is 5.23. The van der Waals surface area contributed by atoms with Crippen molar-refractivity contribution >= 4 is 5.91 Å². The highest BCUT2D eigenvalue weighted by atomic mass is 16.6. The number of aromatic nitrogens is 2. The average Bonchev–Trinajstić information content (AvgIpc) is 3.13. The van der Waals surface area contributed by atoms with E-state index in [4.69, 9.17) is 9.47 Å². The number of nitrogens with zero attached hydrogens (tertiary/aromatic N) is 2. The monoisotopic (exact) mass is 369 g/mol. The Hall–Kier alpha value is -2.83. The van der Waals surface area contributed by atoms with Gasteiger partial charge < -0.3 is 14.8 Å². The van der Waals surface area contributed by atoms with Gasteiger partial charge in [0.2, 0.25) is 5.91 Å². The van der Waals surface area contributed by atoms with Crippen molar-refractivity contribution in [3.8, 4) is 11.5 Å². The largest absolute Gasteiger partial charge is 0.486 e. The molecular weight excluding hydrogens is 346 g/mol. The second-order valence-corrected chi connectivity index (χ2v) is 7.22. The van der Waals surface area contributed by atoms with Crippen LogP contribution in [0.25, 0.3) is 0 Å². The number of carbonyl (C=O) groups excluding carboxylic acids is 1. The fourth-order valence-electron chi connectivity index (χ4n) is 3.89. The number of hydrogen-bond donors (Lipinski definition) is 1. The molecule has 0 radical (unpaired) electrons. The number of nitrogens with one attached hydrogen (secondary N) is 1. The fraction of sp³-hybridized carbons (Fsp3) is 0.450. The van der Waals surface area contributed by atoms with E-state index < -0.39 is 5.54 Å². The summed E-state index contributed by atoms with van der Waals surface area (Å²) in [4.78, 5) is 24.7. The number of benzene rings is 1. The summed E-state index contributed by atoms with van der Waals surface area (Å²) in [5.74, 6) is 1.24. The van der Waals surface area contributed by atoms with Gasteiger partial charge in [0.05, 0.1) is 11.7 Å². The maximum Gasteiger partial charge on any atom is 0.267 e. The molecule has 7 heteroatoms. The first-order chi connectivity index (χ1) is 13.1. The minimum Gasteiger partial charge on any atom is -0.486 e. The van der Waals surface area contributed by atoms with Crippen LogP contribution in [0.3, 0.4) is 0 Å². The number of amides is 1. The molecule has 0 bridgehead atoms. The summed E-state index contributed by atoms with van der Waals surface area (Å²) < 4.78 is 12.5. The molecule has 2 heterocycles. The first-order valence-corrected chi connectivity index (χ1v) is 9.31. The molecule has 0 unspecified atom stereocenters. The Morgan fingerprint density at radius 2 is 1.93 bits per heavy atom. The SMILES string of the molecule is Cc1cnn(CC(=O)NC2(c3ccc4c(c3)OCCO4)CCCC2)c(=O)c1. The summed E-state index contributed by atoms with van der Waals surface area (Å²) >= 11 is 0. The van der Waals surface area contributed by atoms with Crippen LogP contribution >= 0.6 is 0 Å². The lowest BCUT2D eigenvalue weighted by Crippen LogP contribution is -2.46. The van der Waals surface area contributed by atoms with Crippen LogP contribution in [-0.4, -0.2) is 28.9 Å². The number of aryl methyl sites for hydroxylation is 1. The van der Waals surface area contributed by atoms with Crippen LogP contribution in [0.2, 0.25) is 0 Å². The van der Waals surface area contributed by atoms with Gasteiger partial charge in [-0.1, -0.05) is 18.9 Å². The Morgan fingerprint density at radius 1 is 1.19 bits per heavy atom. The lowest BCUT2D eigenvalue weighted by Gasteiger charge is -2.32. The van der Waals surface area contributed by atoms with Crippen molar-refractivity contribution < 1.29 is 14.3 Å². The summed E-state index contributed by atoms with van der Waals surface area (Å²) in [6.07, 6.45) is 5.37. The second-order valence-electron chi connectivity index (χ2n) is 7.22. The van der Waals surface area contributed by atoms with Crippen LogP contribution in [-0.2, 0) is 16.9 Å². The lowest BCUT2D eigenvalue weighted by molar-refractivity contribution is -0.124. The molecule has 1 aromatic heterocycles. The van der Waals surface area contributed by atoms with E-state index in [-0.39, 0.29) is 18.0 Å². The van der Waals surface area contributed by atoms with Crippen LogP contribution in [0.1, 0.15) is 36.8 Å². The molecule has 142 valence electrons. The maximum absolute atomic E-state index is 12.7. The third-order valence-corrected chi connectivity index (χ3v) is 5.23. The van der Waals surface area contributed by atoms with Gasteiger partial charge in [-0.2, -0.15) is 5.10 Å². The van der Waals surface area contributed by atoms with Crippen LogP contribution in [0.4, 0.5) is 0 Å². The van der Waals surface area contributed by atoms with Gasteiger partial charge in [0, 0.05) is 6.07 Å². The molecular formula is C20H23N3O4. The zero-order valence-corrected chi connectivity index (χ0v) is 15.4. The Kier molecular flexibility index (Phi) is 4.59. The predicted molar refractivity (Wildman–Crippen MR) is 99.0 cm³/mol. The average molecular weight is 369 g/mol. The second kappa shape index (κ2) is 7.06. The molecule has 0 atom stereocenters. The van der Waals surface area contributed by atoms with Crippen molar-refractivity contribution in [3.05, 3.63) is 51.9 Å². The minimum absolute atomic E-state index is 0.0919. The van der Waals surface area contributed by atoms with Crippen LogP contribution in [0.5, 0.6) is 11.5 Å². The van der Waals surface area contributed by atoms with Gasteiger partial charge in [0.25, 0.3) is 5.56 Å². The van der Waals surface area contributed by atoms with Crippen molar-refractivity contribution in [2.45, 2.75) is 44.7 Å². The molecule has 2 aromatic rings. The highest BCUT2D eigenvalue weighted by molar-refractivity contribution is 5.77. The molecule has 1 aliphatic carbocycles. The molecule has 1 saturated carbocycles. The van der Waals surface area contributed by atoms with Crippen molar-refractivity contribution in [2.75, 3.05) is 13.2 Å². The quantitative estimate of drug-likeness (QED) is 0.890. The van der Waals surface area contributed by atoms with Gasteiger partial charge in [0.15, 0.2) is 11.5 Å². The third kappa shape index (κ3) is 3.54. The standard InChI is InChI=1S/C20H23N3O4/c1-14-10-19(25)23(21-12-14)13-18(24)22-20(6-2-3-7-20)15-4-5-16-17(11-15)27-9-8-26-16/h4-5,10-12H,2-3,6-9,13H2,1H3,(H,22,24). The van der Waals surface area contributed by atoms with E-state index in [1.807, 2.05) is 18.2 Å². The van der Waals surface area contributed by atoms with Gasteiger partial charge in [-0.3, -0.25) is 9.59 Å². The molecule has 1 aliphatic heterocycles. The Balaban J connectivity index is 1.57. The number of fused-ring (bicyclic) bond motifs is 1. The maximum atomic E-state index is 12.7. The topological polar surface area (TPSA) is 82.5 Å². The Morgan fingerprint density at radius 3 is 2.67 bits per heavy atom.